The molecule has 1 aromatic rings. The molecule has 1 aliphatic rings. The number of hydrogen-bond donors (Lipinski definition) is 1. The molecule has 4 nitrogen and oxygen atoms in total. The van der Waals surface area contributed by atoms with Crippen molar-refractivity contribution < 1.29 is 17.9 Å². The molecular formula is C11H13ClFNO3S. The van der Waals surface area contributed by atoms with Crippen LogP contribution in [-0.4, -0.2) is 37.0 Å². The van der Waals surface area contributed by atoms with Crippen molar-refractivity contribution in [3.05, 3.63) is 29.0 Å². The van der Waals surface area contributed by atoms with Crippen LogP contribution in [0.1, 0.15) is 12.8 Å². The van der Waals surface area contributed by atoms with E-state index in [2.05, 4.69) is 0 Å². The van der Waals surface area contributed by atoms with Gasteiger partial charge in [-0.15, -0.1) is 0 Å². The van der Waals surface area contributed by atoms with Crippen molar-refractivity contribution in [2.45, 2.75) is 23.8 Å². The zero-order valence-corrected chi connectivity index (χ0v) is 11.1. The normalized spacial score (nSPS) is 21.4. The maximum Gasteiger partial charge on any atom is 0.243 e. The molecule has 1 aromatic carbocycles. The van der Waals surface area contributed by atoms with E-state index >= 15 is 0 Å². The Balaban J connectivity index is 2.38. The lowest BCUT2D eigenvalue weighted by Crippen LogP contribution is -2.37. The van der Waals surface area contributed by atoms with E-state index in [1.165, 1.54) is 10.4 Å². The number of aliphatic hydroxyl groups is 1. The van der Waals surface area contributed by atoms with Gasteiger partial charge in [0.15, 0.2) is 0 Å². The van der Waals surface area contributed by atoms with Crippen molar-refractivity contribution in [1.82, 2.24) is 4.31 Å². The molecule has 0 aliphatic carbocycles. The van der Waals surface area contributed by atoms with Crippen LogP contribution in [0.5, 0.6) is 0 Å². The van der Waals surface area contributed by atoms with Gasteiger partial charge in [-0.1, -0.05) is 11.6 Å². The van der Waals surface area contributed by atoms with Crippen molar-refractivity contribution in [2.24, 2.45) is 0 Å². The van der Waals surface area contributed by atoms with E-state index in [4.69, 9.17) is 16.7 Å². The predicted octanol–water partition coefficient (Wildman–Crippen LogP) is 1.62. The van der Waals surface area contributed by atoms with Crippen LogP contribution in [0.15, 0.2) is 23.1 Å². The van der Waals surface area contributed by atoms with Gasteiger partial charge in [-0.3, -0.25) is 0 Å². The molecule has 1 saturated heterocycles. The zero-order chi connectivity index (χ0) is 13.3. The van der Waals surface area contributed by atoms with E-state index in [-0.39, 0.29) is 16.5 Å². The Morgan fingerprint density at radius 1 is 1.50 bits per heavy atom. The summed E-state index contributed by atoms with van der Waals surface area (Å²) in [5.74, 6) is -0.657. The van der Waals surface area contributed by atoms with Gasteiger partial charge >= 0.3 is 0 Å². The molecule has 0 spiro atoms. The zero-order valence-electron chi connectivity index (χ0n) is 9.51. The molecule has 1 heterocycles. The Morgan fingerprint density at radius 2 is 2.22 bits per heavy atom. The summed E-state index contributed by atoms with van der Waals surface area (Å²) in [5.41, 5.74) is 0. The third-order valence-electron chi connectivity index (χ3n) is 3.03. The van der Waals surface area contributed by atoms with Gasteiger partial charge in [0, 0.05) is 12.6 Å². The van der Waals surface area contributed by atoms with Crippen LogP contribution < -0.4 is 0 Å². The van der Waals surface area contributed by atoms with Gasteiger partial charge in [0.1, 0.15) is 5.82 Å². The molecule has 2 rings (SSSR count). The molecular weight excluding hydrogens is 281 g/mol. The van der Waals surface area contributed by atoms with Gasteiger partial charge < -0.3 is 5.11 Å². The van der Waals surface area contributed by atoms with E-state index in [0.717, 1.165) is 12.1 Å². The Labute approximate surface area is 110 Å². The first-order valence-corrected chi connectivity index (χ1v) is 7.36. The van der Waals surface area contributed by atoms with Gasteiger partial charge in [0.05, 0.1) is 16.5 Å². The number of sulfonamides is 1. The maximum absolute atomic E-state index is 13.0. The third kappa shape index (κ3) is 2.38. The summed E-state index contributed by atoms with van der Waals surface area (Å²) in [6, 6.07) is 2.90. The Hall–Kier alpha value is -0.690. The van der Waals surface area contributed by atoms with Crippen LogP contribution in [0.3, 0.4) is 0 Å². The van der Waals surface area contributed by atoms with E-state index in [0.29, 0.717) is 19.4 Å². The Morgan fingerprint density at radius 3 is 2.83 bits per heavy atom. The average molecular weight is 294 g/mol. The molecule has 1 N–H and O–H groups in total. The molecule has 1 atom stereocenters. The number of hydrogen-bond acceptors (Lipinski definition) is 3. The highest BCUT2D eigenvalue weighted by atomic mass is 35.5. The highest BCUT2D eigenvalue weighted by Crippen LogP contribution is 2.27. The van der Waals surface area contributed by atoms with Gasteiger partial charge in [-0.25, -0.2) is 12.8 Å². The lowest BCUT2D eigenvalue weighted by atomic mass is 10.2. The molecule has 18 heavy (non-hydrogen) atoms. The highest BCUT2D eigenvalue weighted by molar-refractivity contribution is 7.89. The third-order valence-corrected chi connectivity index (χ3v) is 5.27. The van der Waals surface area contributed by atoms with Gasteiger partial charge in [-0.05, 0) is 31.0 Å². The number of nitrogens with zero attached hydrogens (tertiary/aromatic N) is 1. The van der Waals surface area contributed by atoms with E-state index < -0.39 is 21.9 Å². The van der Waals surface area contributed by atoms with Gasteiger partial charge in [-0.2, -0.15) is 4.31 Å². The highest BCUT2D eigenvalue weighted by Gasteiger charge is 2.34. The van der Waals surface area contributed by atoms with Crippen molar-refractivity contribution in [1.29, 1.82) is 0 Å². The topological polar surface area (TPSA) is 57.6 Å². The van der Waals surface area contributed by atoms with Crippen LogP contribution >= 0.6 is 11.6 Å². The van der Waals surface area contributed by atoms with E-state index in [1.54, 1.807) is 0 Å². The maximum atomic E-state index is 13.0. The minimum atomic E-state index is -3.72. The molecule has 100 valence electrons. The second kappa shape index (κ2) is 5.13. The van der Waals surface area contributed by atoms with Crippen molar-refractivity contribution in [3.8, 4) is 0 Å². The first kappa shape index (κ1) is 13.7. The fourth-order valence-corrected chi connectivity index (χ4v) is 4.04. The number of rotatable bonds is 3. The van der Waals surface area contributed by atoms with Gasteiger partial charge in [0.25, 0.3) is 0 Å². The molecule has 0 unspecified atom stereocenters. The molecule has 7 heteroatoms. The monoisotopic (exact) mass is 293 g/mol. The molecule has 0 aromatic heterocycles. The standard InChI is InChI=1S/C11H13ClFNO3S/c12-10-6-9(3-4-11(10)13)18(16,17)14-5-1-2-8(14)7-15/h3-4,6,8,15H,1-2,5,7H2/t8-/m0/s1. The number of benzene rings is 1. The molecule has 0 amide bonds. The molecule has 0 bridgehead atoms. The quantitative estimate of drug-likeness (QED) is 0.921. The second-order valence-electron chi connectivity index (χ2n) is 4.17. The fraction of sp³-hybridized carbons (Fsp3) is 0.455. The van der Waals surface area contributed by atoms with Crippen molar-refractivity contribution in [2.75, 3.05) is 13.2 Å². The molecule has 0 radical (unpaired) electrons. The van der Waals surface area contributed by atoms with Gasteiger partial charge in [0.2, 0.25) is 10.0 Å². The SMILES string of the molecule is O=S(=O)(c1ccc(F)c(Cl)c1)N1CCC[C@H]1CO. The predicted molar refractivity (Wildman–Crippen MR) is 65.4 cm³/mol. The largest absolute Gasteiger partial charge is 0.395 e. The Bertz CT molecular complexity index is 549. The lowest BCUT2D eigenvalue weighted by molar-refractivity contribution is 0.213. The summed E-state index contributed by atoms with van der Waals surface area (Å²) in [6.07, 6.45) is 1.34. The summed E-state index contributed by atoms with van der Waals surface area (Å²) in [6.45, 7) is 0.150. The summed E-state index contributed by atoms with van der Waals surface area (Å²) in [5, 5.41) is 8.93. The minimum Gasteiger partial charge on any atom is -0.395 e. The van der Waals surface area contributed by atoms with Crippen LogP contribution in [0.25, 0.3) is 0 Å². The Kier molecular flexibility index (Phi) is 3.91. The first-order chi connectivity index (χ1) is 8.46. The summed E-state index contributed by atoms with van der Waals surface area (Å²) >= 11 is 5.59. The van der Waals surface area contributed by atoms with Crippen LogP contribution in [0.2, 0.25) is 5.02 Å². The van der Waals surface area contributed by atoms with Crippen LogP contribution in [-0.2, 0) is 10.0 Å². The van der Waals surface area contributed by atoms with E-state index in [9.17, 15) is 12.8 Å². The smallest absolute Gasteiger partial charge is 0.243 e. The van der Waals surface area contributed by atoms with Crippen molar-refractivity contribution >= 4 is 21.6 Å². The summed E-state index contributed by atoms with van der Waals surface area (Å²) < 4.78 is 38.9. The molecule has 1 aliphatic heterocycles. The summed E-state index contributed by atoms with van der Waals surface area (Å²) in [7, 11) is -3.72. The summed E-state index contributed by atoms with van der Waals surface area (Å²) in [4.78, 5) is -0.0470. The second-order valence-corrected chi connectivity index (χ2v) is 6.47. The minimum absolute atomic E-state index is 0.0470. The van der Waals surface area contributed by atoms with E-state index in [1.807, 2.05) is 0 Å². The first-order valence-electron chi connectivity index (χ1n) is 5.54. The van der Waals surface area contributed by atoms with Crippen molar-refractivity contribution in [3.63, 3.8) is 0 Å². The lowest BCUT2D eigenvalue weighted by Gasteiger charge is -2.22. The molecule has 0 saturated carbocycles. The fourth-order valence-electron chi connectivity index (χ4n) is 2.08. The van der Waals surface area contributed by atoms with Crippen LogP contribution in [0, 0.1) is 5.82 Å². The molecule has 1 fully saturated rings. The number of halogens is 2. The number of aliphatic hydroxyl groups excluding tert-OH is 1. The average Bonchev–Trinajstić information content (AvgIpc) is 2.81. The van der Waals surface area contributed by atoms with Crippen LogP contribution in [0.4, 0.5) is 4.39 Å².